The van der Waals surface area contributed by atoms with Crippen molar-refractivity contribution in [3.05, 3.63) is 40.9 Å². The van der Waals surface area contributed by atoms with Crippen LogP contribution in [0.15, 0.2) is 39.5 Å². The van der Waals surface area contributed by atoms with Crippen molar-refractivity contribution in [2.24, 2.45) is 4.99 Å². The Kier molecular flexibility index (Phi) is 7.49. The lowest BCUT2D eigenvalue weighted by Crippen LogP contribution is -2.39. The van der Waals surface area contributed by atoms with Gasteiger partial charge in [-0.05, 0) is 37.0 Å². The lowest BCUT2D eigenvalue weighted by molar-refractivity contribution is 0.602. The standard InChI is InChI=1S/C20H29N5O2S2/c1-21-19(22-11-9-16-5-7-18(8-6-16)29(2,26)27)23-12-10-17-15-28-20(24-17)25-13-3-4-14-25/h5-8,15H,3-4,9-14H2,1-2H3,(H2,21,22,23). The van der Waals surface area contributed by atoms with E-state index in [-0.39, 0.29) is 0 Å². The van der Waals surface area contributed by atoms with Gasteiger partial charge in [0.25, 0.3) is 0 Å². The number of aliphatic imine (C=N–C) groups is 1. The van der Waals surface area contributed by atoms with Gasteiger partial charge in [0.1, 0.15) is 0 Å². The predicted octanol–water partition coefficient (Wildman–Crippen LogP) is 2.10. The van der Waals surface area contributed by atoms with Gasteiger partial charge < -0.3 is 15.5 Å². The van der Waals surface area contributed by atoms with Gasteiger partial charge in [-0.2, -0.15) is 0 Å². The molecule has 1 aromatic heterocycles. The molecule has 3 rings (SSSR count). The van der Waals surface area contributed by atoms with Crippen molar-refractivity contribution in [2.75, 3.05) is 44.4 Å². The molecule has 1 aliphatic rings. The van der Waals surface area contributed by atoms with E-state index in [2.05, 4.69) is 25.9 Å². The van der Waals surface area contributed by atoms with E-state index in [1.807, 2.05) is 12.1 Å². The Labute approximate surface area is 177 Å². The van der Waals surface area contributed by atoms with E-state index in [0.29, 0.717) is 11.4 Å². The zero-order valence-corrected chi connectivity index (χ0v) is 18.7. The maximum absolute atomic E-state index is 11.5. The van der Waals surface area contributed by atoms with Crippen LogP contribution >= 0.6 is 11.3 Å². The van der Waals surface area contributed by atoms with Gasteiger partial charge in [0.05, 0.1) is 10.6 Å². The van der Waals surface area contributed by atoms with E-state index < -0.39 is 9.84 Å². The van der Waals surface area contributed by atoms with Crippen molar-refractivity contribution >= 4 is 32.3 Å². The first kappa shape index (κ1) is 21.6. The summed E-state index contributed by atoms with van der Waals surface area (Å²) >= 11 is 1.73. The molecule has 2 N–H and O–H groups in total. The molecule has 0 saturated carbocycles. The van der Waals surface area contributed by atoms with Crippen LogP contribution in [0.2, 0.25) is 0 Å². The van der Waals surface area contributed by atoms with Crippen LogP contribution in [-0.4, -0.2) is 58.8 Å². The molecular formula is C20H29N5O2S2. The lowest BCUT2D eigenvalue weighted by atomic mass is 10.1. The lowest BCUT2D eigenvalue weighted by Gasteiger charge is -2.12. The van der Waals surface area contributed by atoms with Crippen molar-refractivity contribution < 1.29 is 8.42 Å². The first-order chi connectivity index (χ1) is 14.0. The average molecular weight is 436 g/mol. The SMILES string of the molecule is CN=C(NCCc1ccc(S(C)(=O)=O)cc1)NCCc1csc(N2CCCC2)n1. The Bertz CT molecular complexity index is 917. The van der Waals surface area contributed by atoms with E-state index in [0.717, 1.165) is 54.8 Å². The van der Waals surface area contributed by atoms with Crippen molar-refractivity contribution in [1.82, 2.24) is 15.6 Å². The van der Waals surface area contributed by atoms with Crippen LogP contribution in [0.5, 0.6) is 0 Å². The van der Waals surface area contributed by atoms with E-state index in [1.165, 1.54) is 19.1 Å². The highest BCUT2D eigenvalue weighted by Crippen LogP contribution is 2.24. The second kappa shape index (κ2) is 10.1. The Hall–Kier alpha value is -2.13. The quantitative estimate of drug-likeness (QED) is 0.488. The van der Waals surface area contributed by atoms with Crippen molar-refractivity contribution in [3.63, 3.8) is 0 Å². The number of rotatable bonds is 8. The fourth-order valence-corrected chi connectivity index (χ4v) is 4.77. The zero-order valence-electron chi connectivity index (χ0n) is 17.0. The monoisotopic (exact) mass is 435 g/mol. The maximum atomic E-state index is 11.5. The molecule has 1 aliphatic heterocycles. The predicted molar refractivity (Wildman–Crippen MR) is 120 cm³/mol. The summed E-state index contributed by atoms with van der Waals surface area (Å²) in [5.41, 5.74) is 2.20. The molecule has 0 radical (unpaired) electrons. The van der Waals surface area contributed by atoms with Crippen LogP contribution in [0.25, 0.3) is 0 Å². The number of nitrogens with zero attached hydrogens (tertiary/aromatic N) is 3. The minimum atomic E-state index is -3.15. The molecule has 2 aromatic rings. The third-order valence-corrected chi connectivity index (χ3v) is 6.95. The summed E-state index contributed by atoms with van der Waals surface area (Å²) in [6.07, 6.45) is 5.40. The van der Waals surface area contributed by atoms with Gasteiger partial charge in [-0.15, -0.1) is 11.3 Å². The Balaban J connectivity index is 1.38. The van der Waals surface area contributed by atoms with Crippen molar-refractivity contribution in [1.29, 1.82) is 0 Å². The van der Waals surface area contributed by atoms with E-state index in [4.69, 9.17) is 4.98 Å². The molecule has 7 nitrogen and oxygen atoms in total. The van der Waals surface area contributed by atoms with Gasteiger partial charge in [0.2, 0.25) is 0 Å². The number of sulfone groups is 1. The van der Waals surface area contributed by atoms with Crippen LogP contribution in [0.1, 0.15) is 24.1 Å². The number of guanidine groups is 1. The third-order valence-electron chi connectivity index (χ3n) is 4.87. The molecule has 1 saturated heterocycles. The van der Waals surface area contributed by atoms with Crippen LogP contribution in [-0.2, 0) is 22.7 Å². The summed E-state index contributed by atoms with van der Waals surface area (Å²) in [5, 5.41) is 9.90. The molecule has 2 heterocycles. The van der Waals surface area contributed by atoms with Crippen LogP contribution < -0.4 is 15.5 Å². The Morgan fingerprint density at radius 3 is 2.41 bits per heavy atom. The largest absolute Gasteiger partial charge is 0.356 e. The highest BCUT2D eigenvalue weighted by Gasteiger charge is 2.15. The summed E-state index contributed by atoms with van der Waals surface area (Å²) in [6.45, 7) is 3.73. The molecule has 158 valence electrons. The molecular weight excluding hydrogens is 406 g/mol. The molecule has 0 atom stereocenters. The van der Waals surface area contributed by atoms with Crippen LogP contribution in [0.3, 0.4) is 0 Å². The number of hydrogen-bond acceptors (Lipinski definition) is 6. The third kappa shape index (κ3) is 6.43. The summed E-state index contributed by atoms with van der Waals surface area (Å²) in [5.74, 6) is 0.757. The molecule has 0 bridgehead atoms. The van der Waals surface area contributed by atoms with Gasteiger partial charge in [0.15, 0.2) is 20.9 Å². The smallest absolute Gasteiger partial charge is 0.190 e. The first-order valence-corrected chi connectivity index (χ1v) is 12.7. The first-order valence-electron chi connectivity index (χ1n) is 9.88. The van der Waals surface area contributed by atoms with Gasteiger partial charge >= 0.3 is 0 Å². The number of aromatic nitrogens is 1. The summed E-state index contributed by atoms with van der Waals surface area (Å²) < 4.78 is 23.0. The minimum absolute atomic E-state index is 0.349. The topological polar surface area (TPSA) is 86.7 Å². The molecule has 0 unspecified atom stereocenters. The number of benzene rings is 1. The molecule has 29 heavy (non-hydrogen) atoms. The van der Waals surface area contributed by atoms with Crippen molar-refractivity contribution in [3.8, 4) is 0 Å². The van der Waals surface area contributed by atoms with Gasteiger partial charge in [-0.1, -0.05) is 12.1 Å². The van der Waals surface area contributed by atoms with Gasteiger partial charge in [-0.3, -0.25) is 4.99 Å². The Morgan fingerprint density at radius 1 is 1.14 bits per heavy atom. The molecule has 0 amide bonds. The zero-order chi connectivity index (χ0) is 20.7. The van der Waals surface area contributed by atoms with E-state index in [9.17, 15) is 8.42 Å². The van der Waals surface area contributed by atoms with Crippen molar-refractivity contribution in [2.45, 2.75) is 30.6 Å². The van der Waals surface area contributed by atoms with Gasteiger partial charge in [-0.25, -0.2) is 13.4 Å². The van der Waals surface area contributed by atoms with Crippen LogP contribution in [0, 0.1) is 0 Å². The molecule has 0 aliphatic carbocycles. The number of thiazole rings is 1. The summed E-state index contributed by atoms with van der Waals surface area (Å²) in [7, 11) is -1.39. The maximum Gasteiger partial charge on any atom is 0.190 e. The fourth-order valence-electron chi connectivity index (χ4n) is 3.22. The summed E-state index contributed by atoms with van der Waals surface area (Å²) in [4.78, 5) is 11.7. The normalized spacial score (nSPS) is 15.0. The fraction of sp³-hybridized carbons (Fsp3) is 0.500. The van der Waals surface area contributed by atoms with Crippen LogP contribution in [0.4, 0.5) is 5.13 Å². The highest BCUT2D eigenvalue weighted by atomic mass is 32.2. The molecule has 0 spiro atoms. The number of hydrogen-bond donors (Lipinski definition) is 2. The Morgan fingerprint density at radius 2 is 1.79 bits per heavy atom. The second-order valence-electron chi connectivity index (χ2n) is 7.16. The van der Waals surface area contributed by atoms with Gasteiger partial charge in [0, 0.05) is 51.3 Å². The number of anilines is 1. The van der Waals surface area contributed by atoms with E-state index in [1.54, 1.807) is 30.5 Å². The van der Waals surface area contributed by atoms with E-state index >= 15 is 0 Å². The second-order valence-corrected chi connectivity index (χ2v) is 10.0. The summed E-state index contributed by atoms with van der Waals surface area (Å²) in [6, 6.07) is 7.02. The molecule has 1 fully saturated rings. The average Bonchev–Trinajstić information content (AvgIpc) is 3.38. The molecule has 1 aromatic carbocycles. The highest BCUT2D eigenvalue weighted by molar-refractivity contribution is 7.90. The minimum Gasteiger partial charge on any atom is -0.356 e. The molecule has 9 heteroatoms. The number of nitrogens with one attached hydrogen (secondary N) is 2.